The molecule has 3 heteroatoms. The van der Waals surface area contributed by atoms with Gasteiger partial charge in [0.1, 0.15) is 0 Å². The summed E-state index contributed by atoms with van der Waals surface area (Å²) in [7, 11) is 0. The zero-order valence-corrected chi connectivity index (χ0v) is 13.7. The monoisotopic (exact) mass is 327 g/mol. The van der Waals surface area contributed by atoms with Crippen LogP contribution in [0, 0.1) is 5.92 Å². The first-order valence-corrected chi connectivity index (χ1v) is 8.08. The third-order valence-electron chi connectivity index (χ3n) is 3.17. The number of halogens is 1. The third-order valence-corrected chi connectivity index (χ3v) is 3.70. The summed E-state index contributed by atoms with van der Waals surface area (Å²) in [5.74, 6) is 0.652. The Morgan fingerprint density at radius 2 is 1.95 bits per heavy atom. The van der Waals surface area contributed by atoms with Crippen molar-refractivity contribution in [2.24, 2.45) is 5.92 Å². The topological polar surface area (TPSA) is 21.3 Å². The summed E-state index contributed by atoms with van der Waals surface area (Å²) in [4.78, 5) is 0. The van der Waals surface area contributed by atoms with Gasteiger partial charge in [-0.3, -0.25) is 0 Å². The van der Waals surface area contributed by atoms with Gasteiger partial charge in [0.05, 0.1) is 0 Å². The molecule has 0 amide bonds. The molecule has 1 atom stereocenters. The van der Waals surface area contributed by atoms with Gasteiger partial charge in [0.25, 0.3) is 0 Å². The molecule has 0 radical (unpaired) electrons. The largest absolute Gasteiger partial charge is 0.382 e. The lowest BCUT2D eigenvalue weighted by Gasteiger charge is -2.17. The minimum atomic E-state index is 0.652. The molecule has 1 rings (SSSR count). The van der Waals surface area contributed by atoms with Gasteiger partial charge in [0.15, 0.2) is 0 Å². The van der Waals surface area contributed by atoms with Crippen molar-refractivity contribution in [3.8, 4) is 0 Å². The molecule has 0 heterocycles. The molecule has 1 unspecified atom stereocenters. The maximum absolute atomic E-state index is 5.49. The molecule has 0 aromatic heterocycles. The predicted octanol–water partition coefficient (Wildman–Crippen LogP) is 4.03. The van der Waals surface area contributed by atoms with Gasteiger partial charge >= 0.3 is 0 Å². The van der Waals surface area contributed by atoms with Gasteiger partial charge in [-0.2, -0.15) is 0 Å². The van der Waals surface area contributed by atoms with E-state index in [9.17, 15) is 0 Å². The molecule has 2 nitrogen and oxygen atoms in total. The quantitative estimate of drug-likeness (QED) is 0.655. The molecule has 0 aliphatic heterocycles. The van der Waals surface area contributed by atoms with Crippen molar-refractivity contribution in [2.75, 3.05) is 26.3 Å². The number of ether oxygens (including phenoxy) is 1. The van der Waals surface area contributed by atoms with Crippen LogP contribution in [-0.2, 0) is 11.2 Å². The molecular weight excluding hydrogens is 302 g/mol. The SMILES string of the molecule is CCCNCC(CCOCC)Cc1ccc(Br)cc1. The van der Waals surface area contributed by atoms with Gasteiger partial charge in [-0.15, -0.1) is 0 Å². The number of benzene rings is 1. The van der Waals surface area contributed by atoms with Crippen molar-refractivity contribution in [1.82, 2.24) is 5.32 Å². The number of nitrogens with one attached hydrogen (secondary N) is 1. The van der Waals surface area contributed by atoms with Crippen molar-refractivity contribution in [1.29, 1.82) is 0 Å². The van der Waals surface area contributed by atoms with Crippen LogP contribution in [0.15, 0.2) is 28.7 Å². The third kappa shape index (κ3) is 7.71. The van der Waals surface area contributed by atoms with E-state index in [4.69, 9.17) is 4.74 Å². The van der Waals surface area contributed by atoms with Gasteiger partial charge in [-0.1, -0.05) is 35.0 Å². The van der Waals surface area contributed by atoms with Crippen LogP contribution in [-0.4, -0.2) is 26.3 Å². The van der Waals surface area contributed by atoms with Crippen LogP contribution in [0.3, 0.4) is 0 Å². The van der Waals surface area contributed by atoms with E-state index < -0.39 is 0 Å². The molecule has 1 N–H and O–H groups in total. The van der Waals surface area contributed by atoms with Crippen molar-refractivity contribution in [2.45, 2.75) is 33.1 Å². The van der Waals surface area contributed by atoms with Gasteiger partial charge in [-0.25, -0.2) is 0 Å². The van der Waals surface area contributed by atoms with Crippen LogP contribution < -0.4 is 5.32 Å². The molecule has 0 aliphatic carbocycles. The molecule has 0 saturated carbocycles. The Morgan fingerprint density at radius 3 is 2.58 bits per heavy atom. The lowest BCUT2D eigenvalue weighted by molar-refractivity contribution is 0.131. The van der Waals surface area contributed by atoms with Crippen LogP contribution in [0.5, 0.6) is 0 Å². The Bertz CT molecular complexity index is 316. The summed E-state index contributed by atoms with van der Waals surface area (Å²) >= 11 is 3.48. The summed E-state index contributed by atoms with van der Waals surface area (Å²) in [5, 5.41) is 3.53. The second kappa shape index (κ2) is 10.4. The van der Waals surface area contributed by atoms with E-state index in [2.05, 4.69) is 59.4 Å². The Hall–Kier alpha value is -0.380. The normalized spacial score (nSPS) is 12.6. The molecule has 0 saturated heterocycles. The van der Waals surface area contributed by atoms with E-state index in [1.165, 1.54) is 12.0 Å². The van der Waals surface area contributed by atoms with Crippen LogP contribution in [0.4, 0.5) is 0 Å². The second-order valence-electron chi connectivity index (χ2n) is 4.89. The van der Waals surface area contributed by atoms with E-state index in [0.717, 1.165) is 43.6 Å². The first kappa shape index (κ1) is 16.7. The first-order valence-electron chi connectivity index (χ1n) is 7.29. The summed E-state index contributed by atoms with van der Waals surface area (Å²) in [6.45, 7) is 8.12. The highest BCUT2D eigenvalue weighted by Gasteiger charge is 2.09. The average Bonchev–Trinajstić information content (AvgIpc) is 2.41. The van der Waals surface area contributed by atoms with E-state index in [-0.39, 0.29) is 0 Å². The molecule has 0 aliphatic rings. The van der Waals surface area contributed by atoms with E-state index in [1.807, 2.05) is 0 Å². The number of hydrogen-bond acceptors (Lipinski definition) is 2. The van der Waals surface area contributed by atoms with Crippen molar-refractivity contribution >= 4 is 15.9 Å². The molecule has 0 spiro atoms. The van der Waals surface area contributed by atoms with E-state index in [0.29, 0.717) is 5.92 Å². The molecule has 1 aromatic rings. The molecule has 0 fully saturated rings. The fourth-order valence-electron chi connectivity index (χ4n) is 2.11. The minimum absolute atomic E-state index is 0.652. The number of rotatable bonds is 10. The van der Waals surface area contributed by atoms with Crippen LogP contribution in [0.2, 0.25) is 0 Å². The maximum Gasteiger partial charge on any atom is 0.0469 e. The highest BCUT2D eigenvalue weighted by molar-refractivity contribution is 9.10. The smallest absolute Gasteiger partial charge is 0.0469 e. The second-order valence-corrected chi connectivity index (χ2v) is 5.80. The molecule has 108 valence electrons. The summed E-state index contributed by atoms with van der Waals surface area (Å²) in [6, 6.07) is 8.65. The molecule has 0 bridgehead atoms. The molecule has 19 heavy (non-hydrogen) atoms. The Morgan fingerprint density at radius 1 is 1.21 bits per heavy atom. The van der Waals surface area contributed by atoms with Crippen LogP contribution >= 0.6 is 15.9 Å². The van der Waals surface area contributed by atoms with Crippen molar-refractivity contribution in [3.63, 3.8) is 0 Å². The fourth-order valence-corrected chi connectivity index (χ4v) is 2.37. The lowest BCUT2D eigenvalue weighted by Crippen LogP contribution is -2.26. The zero-order chi connectivity index (χ0) is 13.9. The first-order chi connectivity index (χ1) is 9.26. The summed E-state index contributed by atoms with van der Waals surface area (Å²) in [5.41, 5.74) is 1.41. The molecule has 1 aromatic carbocycles. The number of hydrogen-bond donors (Lipinski definition) is 1. The van der Waals surface area contributed by atoms with Crippen LogP contribution in [0.25, 0.3) is 0 Å². The summed E-state index contributed by atoms with van der Waals surface area (Å²) < 4.78 is 6.64. The van der Waals surface area contributed by atoms with Crippen molar-refractivity contribution < 1.29 is 4.74 Å². The van der Waals surface area contributed by atoms with Crippen LogP contribution in [0.1, 0.15) is 32.3 Å². The summed E-state index contributed by atoms with van der Waals surface area (Å²) in [6.07, 6.45) is 3.44. The van der Waals surface area contributed by atoms with E-state index in [1.54, 1.807) is 0 Å². The van der Waals surface area contributed by atoms with Gasteiger partial charge in [-0.05, 0) is 62.9 Å². The van der Waals surface area contributed by atoms with Gasteiger partial charge < -0.3 is 10.1 Å². The Kier molecular flexibility index (Phi) is 9.14. The van der Waals surface area contributed by atoms with Crippen molar-refractivity contribution in [3.05, 3.63) is 34.3 Å². The standard InChI is InChI=1S/C16H26BrNO/c1-3-10-18-13-15(9-11-19-4-2)12-14-5-7-16(17)8-6-14/h5-8,15,18H,3-4,9-13H2,1-2H3. The zero-order valence-electron chi connectivity index (χ0n) is 12.1. The predicted molar refractivity (Wildman–Crippen MR) is 85.6 cm³/mol. The van der Waals surface area contributed by atoms with Gasteiger partial charge in [0.2, 0.25) is 0 Å². The fraction of sp³-hybridized carbons (Fsp3) is 0.625. The maximum atomic E-state index is 5.49. The van der Waals surface area contributed by atoms with Gasteiger partial charge in [0, 0.05) is 17.7 Å². The Labute approximate surface area is 126 Å². The Balaban J connectivity index is 2.44. The highest BCUT2D eigenvalue weighted by Crippen LogP contribution is 2.15. The lowest BCUT2D eigenvalue weighted by atomic mass is 9.96. The average molecular weight is 328 g/mol. The molecular formula is C16H26BrNO. The highest BCUT2D eigenvalue weighted by atomic mass is 79.9. The van der Waals surface area contributed by atoms with E-state index >= 15 is 0 Å². The minimum Gasteiger partial charge on any atom is -0.382 e.